The summed E-state index contributed by atoms with van der Waals surface area (Å²) < 4.78 is 10.7. The molecule has 0 fully saturated rings. The molecule has 0 unspecified atom stereocenters. The summed E-state index contributed by atoms with van der Waals surface area (Å²) in [5.74, 6) is 0.897. The van der Waals surface area contributed by atoms with Gasteiger partial charge in [0, 0.05) is 12.5 Å². The third kappa shape index (κ3) is 2.34. The number of hydrogen-bond donors (Lipinski definition) is 1. The number of rotatable bonds is 4. The molecule has 0 saturated heterocycles. The normalized spacial score (nSPS) is 10.3. The van der Waals surface area contributed by atoms with E-state index in [-0.39, 0.29) is 17.5 Å². The van der Waals surface area contributed by atoms with Crippen LogP contribution in [0.25, 0.3) is 11.3 Å². The van der Waals surface area contributed by atoms with E-state index < -0.39 is 0 Å². The summed E-state index contributed by atoms with van der Waals surface area (Å²) in [4.78, 5) is 15.3. The standard InChI is InChI=1S/C13H14N2O3/c1-3-17-10-6-4-5-9(7-10)12-11(8(2)16)15-13(14)18-12/h4-7H,3H2,1-2H3,(H2,14,15). The summed E-state index contributed by atoms with van der Waals surface area (Å²) in [6, 6.07) is 7.24. The van der Waals surface area contributed by atoms with Crippen LogP contribution in [0.15, 0.2) is 28.7 Å². The van der Waals surface area contributed by atoms with E-state index in [4.69, 9.17) is 14.9 Å². The van der Waals surface area contributed by atoms with Crippen molar-refractivity contribution in [2.24, 2.45) is 0 Å². The van der Waals surface area contributed by atoms with Crippen LogP contribution in [0.2, 0.25) is 0 Å². The van der Waals surface area contributed by atoms with Crippen LogP contribution in [0.4, 0.5) is 6.01 Å². The Hall–Kier alpha value is -2.30. The van der Waals surface area contributed by atoms with Crippen molar-refractivity contribution >= 4 is 11.8 Å². The number of Topliss-reactive ketones (excluding diaryl/α,β-unsaturated/α-hetero) is 1. The first-order valence-electron chi connectivity index (χ1n) is 5.62. The fourth-order valence-electron chi connectivity index (χ4n) is 1.66. The maximum Gasteiger partial charge on any atom is 0.293 e. The number of anilines is 1. The smallest absolute Gasteiger partial charge is 0.293 e. The molecule has 0 saturated carbocycles. The number of aromatic nitrogens is 1. The van der Waals surface area contributed by atoms with Gasteiger partial charge < -0.3 is 14.9 Å². The summed E-state index contributed by atoms with van der Waals surface area (Å²) in [6.45, 7) is 3.90. The molecule has 1 aromatic carbocycles. The van der Waals surface area contributed by atoms with Crippen LogP contribution in [0.5, 0.6) is 5.75 Å². The molecule has 0 radical (unpaired) electrons. The molecular weight excluding hydrogens is 232 g/mol. The van der Waals surface area contributed by atoms with Crippen molar-refractivity contribution in [2.45, 2.75) is 13.8 Å². The highest BCUT2D eigenvalue weighted by Crippen LogP contribution is 2.29. The van der Waals surface area contributed by atoms with Crippen molar-refractivity contribution in [2.75, 3.05) is 12.3 Å². The number of benzene rings is 1. The van der Waals surface area contributed by atoms with Gasteiger partial charge in [0.05, 0.1) is 6.61 Å². The second-order valence-corrected chi connectivity index (χ2v) is 3.75. The topological polar surface area (TPSA) is 78.3 Å². The molecule has 0 aliphatic heterocycles. The highest BCUT2D eigenvalue weighted by atomic mass is 16.5. The molecule has 0 aliphatic carbocycles. The van der Waals surface area contributed by atoms with E-state index in [1.165, 1.54) is 6.92 Å². The summed E-state index contributed by atoms with van der Waals surface area (Å²) in [6.07, 6.45) is 0. The Morgan fingerprint density at radius 3 is 2.94 bits per heavy atom. The van der Waals surface area contributed by atoms with Crippen LogP contribution in [-0.4, -0.2) is 17.4 Å². The van der Waals surface area contributed by atoms with E-state index in [1.807, 2.05) is 25.1 Å². The minimum absolute atomic E-state index is 0.0167. The minimum Gasteiger partial charge on any atom is -0.494 e. The molecular formula is C13H14N2O3. The Morgan fingerprint density at radius 1 is 1.50 bits per heavy atom. The first-order valence-corrected chi connectivity index (χ1v) is 5.62. The highest BCUT2D eigenvalue weighted by Gasteiger charge is 2.17. The van der Waals surface area contributed by atoms with E-state index in [0.717, 1.165) is 5.56 Å². The molecule has 2 aromatic rings. The van der Waals surface area contributed by atoms with Gasteiger partial charge in [0.25, 0.3) is 6.01 Å². The van der Waals surface area contributed by atoms with Gasteiger partial charge in [0.15, 0.2) is 17.2 Å². The Kier molecular flexibility index (Phi) is 3.32. The first-order chi connectivity index (χ1) is 8.61. The van der Waals surface area contributed by atoms with Gasteiger partial charge in [-0.25, -0.2) is 0 Å². The zero-order valence-electron chi connectivity index (χ0n) is 10.3. The van der Waals surface area contributed by atoms with Gasteiger partial charge in [-0.15, -0.1) is 0 Å². The van der Waals surface area contributed by atoms with E-state index in [0.29, 0.717) is 18.1 Å². The molecule has 2 N–H and O–H groups in total. The lowest BCUT2D eigenvalue weighted by molar-refractivity contribution is 0.101. The zero-order valence-corrected chi connectivity index (χ0v) is 10.3. The number of carbonyl (C=O) groups excluding carboxylic acids is 1. The quantitative estimate of drug-likeness (QED) is 0.838. The number of nitrogen functional groups attached to an aromatic ring is 1. The largest absolute Gasteiger partial charge is 0.494 e. The molecule has 1 heterocycles. The van der Waals surface area contributed by atoms with Crippen molar-refractivity contribution in [3.8, 4) is 17.1 Å². The predicted octanol–water partition coefficient (Wildman–Crippen LogP) is 2.53. The Balaban J connectivity index is 2.47. The summed E-state index contributed by atoms with van der Waals surface area (Å²) >= 11 is 0. The van der Waals surface area contributed by atoms with Crippen molar-refractivity contribution in [3.05, 3.63) is 30.0 Å². The van der Waals surface area contributed by atoms with Crippen molar-refractivity contribution in [1.82, 2.24) is 4.98 Å². The number of nitrogens with zero attached hydrogens (tertiary/aromatic N) is 1. The number of oxazole rings is 1. The molecule has 0 amide bonds. The summed E-state index contributed by atoms with van der Waals surface area (Å²) in [5.41, 5.74) is 6.45. The Bertz CT molecular complexity index is 575. The van der Waals surface area contributed by atoms with Crippen LogP contribution >= 0.6 is 0 Å². The lowest BCUT2D eigenvalue weighted by atomic mass is 10.1. The average Bonchev–Trinajstić information content (AvgIpc) is 2.72. The Morgan fingerprint density at radius 2 is 2.28 bits per heavy atom. The summed E-state index contributed by atoms with van der Waals surface area (Å²) in [5, 5.41) is 0. The number of ether oxygens (including phenoxy) is 1. The lowest BCUT2D eigenvalue weighted by Crippen LogP contribution is -1.96. The van der Waals surface area contributed by atoms with Gasteiger partial charge in [-0.1, -0.05) is 12.1 Å². The van der Waals surface area contributed by atoms with Crippen molar-refractivity contribution in [1.29, 1.82) is 0 Å². The number of carbonyl (C=O) groups is 1. The van der Waals surface area contributed by atoms with Crippen molar-refractivity contribution in [3.63, 3.8) is 0 Å². The van der Waals surface area contributed by atoms with Crippen LogP contribution in [-0.2, 0) is 0 Å². The third-order valence-electron chi connectivity index (χ3n) is 2.38. The maximum atomic E-state index is 11.5. The molecule has 0 aliphatic rings. The molecule has 5 nitrogen and oxygen atoms in total. The molecule has 0 atom stereocenters. The fourth-order valence-corrected chi connectivity index (χ4v) is 1.66. The van der Waals surface area contributed by atoms with Gasteiger partial charge in [-0.3, -0.25) is 4.79 Å². The molecule has 18 heavy (non-hydrogen) atoms. The zero-order chi connectivity index (χ0) is 13.1. The predicted molar refractivity (Wildman–Crippen MR) is 67.5 cm³/mol. The fraction of sp³-hybridized carbons (Fsp3) is 0.231. The maximum absolute atomic E-state index is 11.5. The van der Waals surface area contributed by atoms with Crippen molar-refractivity contribution < 1.29 is 13.9 Å². The molecule has 94 valence electrons. The van der Waals surface area contributed by atoms with E-state index in [2.05, 4.69) is 4.98 Å². The second-order valence-electron chi connectivity index (χ2n) is 3.75. The number of nitrogens with two attached hydrogens (primary N) is 1. The van der Waals surface area contributed by atoms with E-state index in [1.54, 1.807) is 6.07 Å². The van der Waals surface area contributed by atoms with Gasteiger partial charge in [-0.2, -0.15) is 4.98 Å². The minimum atomic E-state index is -0.188. The number of ketones is 1. The monoisotopic (exact) mass is 246 g/mol. The first kappa shape index (κ1) is 12.2. The van der Waals surface area contributed by atoms with Crippen LogP contribution < -0.4 is 10.5 Å². The SMILES string of the molecule is CCOc1cccc(-c2oc(N)nc2C(C)=O)c1. The molecule has 0 spiro atoms. The number of hydrogen-bond acceptors (Lipinski definition) is 5. The van der Waals surface area contributed by atoms with Crippen LogP contribution in [0.1, 0.15) is 24.3 Å². The average molecular weight is 246 g/mol. The highest BCUT2D eigenvalue weighted by molar-refractivity contribution is 5.98. The van der Waals surface area contributed by atoms with Gasteiger partial charge >= 0.3 is 0 Å². The third-order valence-corrected chi connectivity index (χ3v) is 2.38. The second kappa shape index (κ2) is 4.91. The van der Waals surface area contributed by atoms with E-state index >= 15 is 0 Å². The van der Waals surface area contributed by atoms with Crippen LogP contribution in [0.3, 0.4) is 0 Å². The van der Waals surface area contributed by atoms with Gasteiger partial charge in [0.1, 0.15) is 5.75 Å². The molecule has 0 bridgehead atoms. The summed E-state index contributed by atoms with van der Waals surface area (Å²) in [7, 11) is 0. The lowest BCUT2D eigenvalue weighted by Gasteiger charge is -2.04. The molecule has 1 aromatic heterocycles. The molecule has 5 heteroatoms. The van der Waals surface area contributed by atoms with Gasteiger partial charge in [0.2, 0.25) is 0 Å². The van der Waals surface area contributed by atoms with Crippen LogP contribution in [0, 0.1) is 0 Å². The van der Waals surface area contributed by atoms with Gasteiger partial charge in [-0.05, 0) is 19.1 Å². The molecule has 2 rings (SSSR count). The Labute approximate surface area is 105 Å². The van der Waals surface area contributed by atoms with E-state index in [9.17, 15) is 4.79 Å².